The molecule has 0 aliphatic carbocycles. The average molecular weight is 346 g/mol. The Morgan fingerprint density at radius 3 is 2.88 bits per heavy atom. The molecule has 0 atom stereocenters. The van der Waals surface area contributed by atoms with Gasteiger partial charge in [0.2, 0.25) is 11.2 Å². The van der Waals surface area contributed by atoms with Crippen LogP contribution >= 0.6 is 11.6 Å². The van der Waals surface area contributed by atoms with Gasteiger partial charge in [0, 0.05) is 25.7 Å². The third kappa shape index (κ3) is 3.33. The Kier molecular flexibility index (Phi) is 4.29. The van der Waals surface area contributed by atoms with Crippen molar-refractivity contribution >= 4 is 17.2 Å². The van der Waals surface area contributed by atoms with Crippen molar-refractivity contribution in [1.82, 2.24) is 24.7 Å². The van der Waals surface area contributed by atoms with Crippen LogP contribution in [-0.4, -0.2) is 51.0 Å². The quantitative estimate of drug-likeness (QED) is 0.723. The van der Waals surface area contributed by atoms with Crippen molar-refractivity contribution in [1.29, 1.82) is 0 Å². The van der Waals surface area contributed by atoms with Gasteiger partial charge in [0.25, 0.3) is 0 Å². The second-order valence-corrected chi connectivity index (χ2v) is 5.89. The molecule has 0 saturated carbocycles. The number of halogens is 1. The summed E-state index contributed by atoms with van der Waals surface area (Å²) in [6.45, 7) is 4.37. The molecule has 0 spiro atoms. The Bertz CT molecular complexity index is 847. The zero-order valence-corrected chi connectivity index (χ0v) is 13.7. The highest BCUT2D eigenvalue weighted by atomic mass is 35.5. The molecule has 4 rings (SSSR count). The Morgan fingerprint density at radius 2 is 2.00 bits per heavy atom. The summed E-state index contributed by atoms with van der Waals surface area (Å²) >= 11 is 5.94. The molecule has 0 bridgehead atoms. The highest BCUT2D eigenvalue weighted by Gasteiger charge is 2.11. The van der Waals surface area contributed by atoms with Crippen LogP contribution in [0.25, 0.3) is 5.65 Å². The fraction of sp³-hybridized carbons (Fsp3) is 0.312. The van der Waals surface area contributed by atoms with Crippen molar-refractivity contribution in [2.24, 2.45) is 0 Å². The third-order valence-corrected chi connectivity index (χ3v) is 4.07. The fourth-order valence-electron chi connectivity index (χ4n) is 2.65. The van der Waals surface area contributed by atoms with E-state index in [1.807, 2.05) is 18.2 Å². The Balaban J connectivity index is 1.50. The second-order valence-electron chi connectivity index (χ2n) is 5.55. The lowest BCUT2D eigenvalue weighted by molar-refractivity contribution is 0.0342. The number of morpholine rings is 1. The van der Waals surface area contributed by atoms with Gasteiger partial charge in [-0.15, -0.1) is 15.3 Å². The zero-order chi connectivity index (χ0) is 16.4. The number of aromatic nitrogens is 4. The smallest absolute Gasteiger partial charge is 0.246 e. The monoisotopic (exact) mass is 345 g/mol. The molecule has 8 heteroatoms. The molecule has 1 saturated heterocycles. The molecule has 2 aromatic heterocycles. The van der Waals surface area contributed by atoms with Gasteiger partial charge in [0.1, 0.15) is 5.75 Å². The van der Waals surface area contributed by atoms with Crippen LogP contribution in [0.4, 0.5) is 0 Å². The molecule has 24 heavy (non-hydrogen) atoms. The molecular formula is C16H16ClN5O2. The summed E-state index contributed by atoms with van der Waals surface area (Å²) in [7, 11) is 0. The molecule has 3 heterocycles. The predicted octanol–water partition coefficient (Wildman–Crippen LogP) is 2.40. The van der Waals surface area contributed by atoms with Crippen molar-refractivity contribution in [2.75, 3.05) is 26.3 Å². The number of fused-ring (bicyclic) bond motifs is 1. The van der Waals surface area contributed by atoms with E-state index in [4.69, 9.17) is 21.1 Å². The van der Waals surface area contributed by atoms with Crippen LogP contribution in [-0.2, 0) is 11.3 Å². The summed E-state index contributed by atoms with van der Waals surface area (Å²) in [5.74, 6) is 1.17. The largest absolute Gasteiger partial charge is 0.438 e. The van der Waals surface area contributed by atoms with Crippen LogP contribution in [0.5, 0.6) is 11.6 Å². The minimum Gasteiger partial charge on any atom is -0.438 e. The Hall–Kier alpha value is -2.22. The first-order valence-electron chi connectivity index (χ1n) is 7.73. The van der Waals surface area contributed by atoms with Crippen LogP contribution in [0, 0.1) is 0 Å². The molecule has 1 aliphatic heterocycles. The van der Waals surface area contributed by atoms with E-state index >= 15 is 0 Å². The lowest BCUT2D eigenvalue weighted by Gasteiger charge is -2.26. The predicted molar refractivity (Wildman–Crippen MR) is 88.4 cm³/mol. The van der Waals surface area contributed by atoms with E-state index in [1.165, 1.54) is 10.1 Å². The maximum absolute atomic E-state index is 5.94. The number of ether oxygens (including phenoxy) is 2. The van der Waals surface area contributed by atoms with Crippen molar-refractivity contribution in [3.63, 3.8) is 0 Å². The van der Waals surface area contributed by atoms with E-state index in [9.17, 15) is 0 Å². The van der Waals surface area contributed by atoms with Crippen molar-refractivity contribution in [3.05, 3.63) is 47.2 Å². The van der Waals surface area contributed by atoms with E-state index in [2.05, 4.69) is 26.3 Å². The van der Waals surface area contributed by atoms with Crippen molar-refractivity contribution < 1.29 is 9.47 Å². The minimum absolute atomic E-state index is 0.205. The molecule has 0 amide bonds. The third-order valence-electron chi connectivity index (χ3n) is 3.83. The number of benzene rings is 1. The highest BCUT2D eigenvalue weighted by molar-refractivity contribution is 6.28. The summed E-state index contributed by atoms with van der Waals surface area (Å²) in [4.78, 5) is 2.36. The van der Waals surface area contributed by atoms with Crippen LogP contribution in [0.15, 0.2) is 36.4 Å². The molecule has 3 aromatic rings. The molecular weight excluding hydrogens is 330 g/mol. The van der Waals surface area contributed by atoms with Gasteiger partial charge in [-0.05, 0) is 35.4 Å². The molecule has 7 nitrogen and oxygen atoms in total. The summed E-state index contributed by atoms with van der Waals surface area (Å²) < 4.78 is 12.7. The van der Waals surface area contributed by atoms with Gasteiger partial charge in [0.15, 0.2) is 5.65 Å². The van der Waals surface area contributed by atoms with Crippen LogP contribution in [0.3, 0.4) is 0 Å². The second kappa shape index (κ2) is 6.72. The Labute approximate surface area is 143 Å². The summed E-state index contributed by atoms with van der Waals surface area (Å²) in [6, 6.07) is 11.5. The summed E-state index contributed by atoms with van der Waals surface area (Å²) in [5.41, 5.74) is 1.77. The molecule has 0 unspecified atom stereocenters. The lowest BCUT2D eigenvalue weighted by Crippen LogP contribution is -2.35. The van der Waals surface area contributed by atoms with E-state index in [1.54, 1.807) is 12.1 Å². The fourth-order valence-corrected chi connectivity index (χ4v) is 2.81. The first-order chi connectivity index (χ1) is 11.8. The van der Waals surface area contributed by atoms with Crippen molar-refractivity contribution in [3.8, 4) is 11.6 Å². The van der Waals surface area contributed by atoms with Gasteiger partial charge in [-0.3, -0.25) is 4.90 Å². The molecule has 0 N–H and O–H groups in total. The number of hydrogen-bond acceptors (Lipinski definition) is 6. The van der Waals surface area contributed by atoms with E-state index in [0.717, 1.165) is 38.6 Å². The van der Waals surface area contributed by atoms with Gasteiger partial charge in [-0.2, -0.15) is 4.52 Å². The minimum atomic E-state index is 0.205. The van der Waals surface area contributed by atoms with Crippen LogP contribution in [0.2, 0.25) is 5.28 Å². The normalized spacial score (nSPS) is 15.7. The zero-order valence-electron chi connectivity index (χ0n) is 12.9. The standard InChI is InChI=1S/C16H16ClN5O2/c17-16-19-18-14-4-5-15(20-22(14)16)24-13-3-1-2-12(10-13)11-21-6-8-23-9-7-21/h1-5,10H,6-9,11H2. The van der Waals surface area contributed by atoms with Gasteiger partial charge in [-0.25, -0.2) is 0 Å². The van der Waals surface area contributed by atoms with Crippen molar-refractivity contribution in [2.45, 2.75) is 6.54 Å². The highest BCUT2D eigenvalue weighted by Crippen LogP contribution is 2.22. The lowest BCUT2D eigenvalue weighted by atomic mass is 10.2. The summed E-state index contributed by atoms with van der Waals surface area (Å²) in [5, 5.41) is 12.2. The first-order valence-corrected chi connectivity index (χ1v) is 8.10. The molecule has 1 aliphatic rings. The molecule has 1 aromatic carbocycles. The molecule has 124 valence electrons. The number of hydrogen-bond donors (Lipinski definition) is 0. The number of rotatable bonds is 4. The van der Waals surface area contributed by atoms with E-state index in [-0.39, 0.29) is 5.28 Å². The summed E-state index contributed by atoms with van der Waals surface area (Å²) in [6.07, 6.45) is 0. The maximum atomic E-state index is 5.94. The van der Waals surface area contributed by atoms with Gasteiger partial charge in [-0.1, -0.05) is 12.1 Å². The van der Waals surface area contributed by atoms with Crippen LogP contribution < -0.4 is 4.74 Å². The molecule has 1 fully saturated rings. The average Bonchev–Trinajstić information content (AvgIpc) is 2.97. The first kappa shape index (κ1) is 15.3. The van der Waals surface area contributed by atoms with Gasteiger partial charge < -0.3 is 9.47 Å². The molecule has 0 radical (unpaired) electrons. The van der Waals surface area contributed by atoms with Crippen LogP contribution in [0.1, 0.15) is 5.56 Å². The van der Waals surface area contributed by atoms with Gasteiger partial charge in [0.05, 0.1) is 13.2 Å². The maximum Gasteiger partial charge on any atom is 0.246 e. The van der Waals surface area contributed by atoms with Gasteiger partial charge >= 0.3 is 0 Å². The van der Waals surface area contributed by atoms with E-state index < -0.39 is 0 Å². The number of nitrogens with zero attached hydrogens (tertiary/aromatic N) is 5. The Morgan fingerprint density at radius 1 is 1.12 bits per heavy atom. The topological polar surface area (TPSA) is 64.8 Å². The SMILES string of the molecule is Clc1nnc2ccc(Oc3cccc(CN4CCOCC4)c3)nn12. The van der Waals surface area contributed by atoms with E-state index in [0.29, 0.717) is 11.5 Å².